The molecule has 122 valence electrons. The lowest BCUT2D eigenvalue weighted by Gasteiger charge is -2.03. The van der Waals surface area contributed by atoms with Crippen LogP contribution in [-0.2, 0) is 4.79 Å². The van der Waals surface area contributed by atoms with Gasteiger partial charge in [-0.15, -0.1) is 10.2 Å². The number of rotatable bonds is 4. The van der Waals surface area contributed by atoms with E-state index >= 15 is 0 Å². The number of amides is 1. The van der Waals surface area contributed by atoms with Gasteiger partial charge in [-0.2, -0.15) is 0 Å². The van der Waals surface area contributed by atoms with Crippen molar-refractivity contribution < 1.29 is 4.79 Å². The van der Waals surface area contributed by atoms with Gasteiger partial charge in [0.1, 0.15) is 0 Å². The average molecular weight is 377 g/mol. The molecule has 0 fully saturated rings. The second-order valence-electron chi connectivity index (χ2n) is 5.16. The largest absolute Gasteiger partial charge is 0.297 e. The van der Waals surface area contributed by atoms with Crippen molar-refractivity contribution >= 4 is 56.6 Å². The fraction of sp³-hybridized carbons (Fsp3) is 0.125. The lowest BCUT2D eigenvalue weighted by atomic mass is 10.2. The van der Waals surface area contributed by atoms with Gasteiger partial charge in [-0.1, -0.05) is 46.3 Å². The zero-order valence-electron chi connectivity index (χ0n) is 12.9. The number of allylic oxidation sites excluding steroid dienone is 1. The van der Waals surface area contributed by atoms with Gasteiger partial charge in [0.25, 0.3) is 0 Å². The van der Waals surface area contributed by atoms with Gasteiger partial charge in [0.15, 0.2) is 4.34 Å². The third-order valence-electron chi connectivity index (χ3n) is 2.92. The van der Waals surface area contributed by atoms with Gasteiger partial charge in [-0.05, 0) is 32.0 Å². The Morgan fingerprint density at radius 2 is 2.12 bits per heavy atom. The van der Waals surface area contributed by atoms with Crippen LogP contribution >= 0.6 is 34.7 Å². The van der Waals surface area contributed by atoms with E-state index in [0.717, 1.165) is 25.7 Å². The number of carbonyl (C=O) groups is 1. The monoisotopic (exact) mass is 376 g/mol. The van der Waals surface area contributed by atoms with Crippen LogP contribution in [0.4, 0.5) is 5.13 Å². The molecule has 0 radical (unpaired) electrons. The van der Waals surface area contributed by atoms with Crippen LogP contribution in [0.2, 0.25) is 5.02 Å². The van der Waals surface area contributed by atoms with Crippen molar-refractivity contribution in [3.63, 3.8) is 0 Å². The van der Waals surface area contributed by atoms with Crippen LogP contribution in [0.1, 0.15) is 13.8 Å². The Kier molecular flexibility index (Phi) is 5.13. The molecule has 1 aromatic carbocycles. The molecule has 1 amide bonds. The number of pyridine rings is 1. The predicted molar refractivity (Wildman–Crippen MR) is 98.8 cm³/mol. The summed E-state index contributed by atoms with van der Waals surface area (Å²) in [7, 11) is 0. The maximum atomic E-state index is 11.7. The van der Waals surface area contributed by atoms with Crippen LogP contribution in [0.25, 0.3) is 10.9 Å². The zero-order valence-corrected chi connectivity index (χ0v) is 15.3. The average Bonchev–Trinajstić information content (AvgIpc) is 2.93. The van der Waals surface area contributed by atoms with E-state index in [4.69, 9.17) is 11.6 Å². The van der Waals surface area contributed by atoms with Crippen LogP contribution in [0.15, 0.2) is 51.3 Å². The third kappa shape index (κ3) is 4.11. The maximum absolute atomic E-state index is 11.7. The van der Waals surface area contributed by atoms with Crippen LogP contribution in [0.5, 0.6) is 0 Å². The summed E-state index contributed by atoms with van der Waals surface area (Å²) in [6.45, 7) is 3.73. The van der Waals surface area contributed by atoms with Gasteiger partial charge in [-0.25, -0.2) is 0 Å². The maximum Gasteiger partial charge on any atom is 0.250 e. The highest BCUT2D eigenvalue weighted by Gasteiger charge is 2.10. The van der Waals surface area contributed by atoms with Crippen molar-refractivity contribution in [1.29, 1.82) is 0 Å². The molecular formula is C16H13ClN4OS2. The lowest BCUT2D eigenvalue weighted by Crippen LogP contribution is -2.07. The number of hydrogen-bond donors (Lipinski definition) is 1. The first-order chi connectivity index (χ1) is 11.5. The Balaban J connectivity index is 1.80. The van der Waals surface area contributed by atoms with Gasteiger partial charge < -0.3 is 0 Å². The Labute approximate surface area is 152 Å². The van der Waals surface area contributed by atoms with Crippen LogP contribution in [0.3, 0.4) is 0 Å². The van der Waals surface area contributed by atoms with Crippen molar-refractivity contribution in [2.75, 3.05) is 5.32 Å². The molecule has 0 aliphatic heterocycles. The van der Waals surface area contributed by atoms with E-state index in [1.165, 1.54) is 29.2 Å². The number of fused-ring (bicyclic) bond motifs is 1. The molecule has 0 saturated heterocycles. The first kappa shape index (κ1) is 16.9. The summed E-state index contributed by atoms with van der Waals surface area (Å²) in [5, 5.41) is 13.0. The number of aromatic nitrogens is 3. The molecule has 0 saturated carbocycles. The second-order valence-corrected chi connectivity index (χ2v) is 7.86. The van der Waals surface area contributed by atoms with Crippen molar-refractivity contribution in [2.24, 2.45) is 0 Å². The molecule has 0 spiro atoms. The van der Waals surface area contributed by atoms with Crippen LogP contribution in [-0.4, -0.2) is 21.1 Å². The van der Waals surface area contributed by atoms with E-state index in [1.807, 2.05) is 38.1 Å². The van der Waals surface area contributed by atoms with Crippen molar-refractivity contribution in [3.05, 3.63) is 47.1 Å². The molecule has 3 rings (SSSR count). The van der Waals surface area contributed by atoms with Gasteiger partial charge in [-0.3, -0.25) is 15.1 Å². The Morgan fingerprint density at radius 3 is 2.92 bits per heavy atom. The summed E-state index contributed by atoms with van der Waals surface area (Å²) in [6, 6.07) is 7.52. The highest BCUT2D eigenvalue weighted by atomic mass is 35.5. The molecule has 3 aromatic rings. The number of anilines is 1. The lowest BCUT2D eigenvalue weighted by molar-refractivity contribution is -0.111. The van der Waals surface area contributed by atoms with Crippen LogP contribution < -0.4 is 5.32 Å². The molecule has 0 unspecified atom stereocenters. The molecule has 0 bridgehead atoms. The highest BCUT2D eigenvalue weighted by molar-refractivity contribution is 8.01. The molecule has 0 aliphatic rings. The normalized spacial score (nSPS) is 10.6. The summed E-state index contributed by atoms with van der Waals surface area (Å²) in [5.74, 6) is -0.202. The molecular weight excluding hydrogens is 364 g/mol. The number of nitrogens with zero attached hydrogens (tertiary/aromatic N) is 3. The minimum absolute atomic E-state index is 0.202. The number of carbonyl (C=O) groups excluding carboxylic acids is 1. The van der Waals surface area contributed by atoms with Gasteiger partial charge in [0.05, 0.1) is 5.52 Å². The summed E-state index contributed by atoms with van der Waals surface area (Å²) in [4.78, 5) is 17.1. The van der Waals surface area contributed by atoms with Gasteiger partial charge in [0, 0.05) is 27.6 Å². The second kappa shape index (κ2) is 7.29. The Bertz CT molecular complexity index is 935. The summed E-state index contributed by atoms with van der Waals surface area (Å²) in [5.41, 5.74) is 1.75. The molecule has 0 atom stereocenters. The molecule has 0 aliphatic carbocycles. The first-order valence-electron chi connectivity index (χ1n) is 7.03. The molecule has 8 heteroatoms. The zero-order chi connectivity index (χ0) is 17.1. The number of benzene rings is 1. The van der Waals surface area contributed by atoms with E-state index in [9.17, 15) is 4.79 Å². The minimum atomic E-state index is -0.202. The van der Waals surface area contributed by atoms with Crippen molar-refractivity contribution in [1.82, 2.24) is 15.2 Å². The smallest absolute Gasteiger partial charge is 0.250 e. The number of hydrogen-bond acceptors (Lipinski definition) is 6. The quantitative estimate of drug-likeness (QED) is 0.523. The van der Waals surface area contributed by atoms with E-state index in [-0.39, 0.29) is 5.91 Å². The van der Waals surface area contributed by atoms with Crippen molar-refractivity contribution in [2.45, 2.75) is 23.1 Å². The summed E-state index contributed by atoms with van der Waals surface area (Å²) in [6.07, 6.45) is 3.26. The van der Waals surface area contributed by atoms with E-state index in [0.29, 0.717) is 10.2 Å². The molecule has 2 heterocycles. The fourth-order valence-electron chi connectivity index (χ4n) is 1.98. The first-order valence-corrected chi connectivity index (χ1v) is 9.04. The van der Waals surface area contributed by atoms with Crippen LogP contribution in [0, 0.1) is 0 Å². The van der Waals surface area contributed by atoms with Gasteiger partial charge in [0.2, 0.25) is 11.0 Å². The Morgan fingerprint density at radius 1 is 1.29 bits per heavy atom. The molecule has 5 nitrogen and oxygen atoms in total. The topological polar surface area (TPSA) is 67.8 Å². The summed E-state index contributed by atoms with van der Waals surface area (Å²) >= 11 is 8.81. The predicted octanol–water partition coefficient (Wildman–Crippen LogP) is 4.80. The third-order valence-corrected chi connectivity index (χ3v) is 5.12. The molecule has 2 aromatic heterocycles. The van der Waals surface area contributed by atoms with E-state index in [2.05, 4.69) is 20.5 Å². The highest BCUT2D eigenvalue weighted by Crippen LogP contribution is 2.36. The standard InChI is InChI=1S/C16H13ClN4OS2/c1-9(2)7-14(22)19-15-20-21-16(24-15)23-13-5-6-18-12-8-10(17)3-4-11(12)13/h3-8H,1-2H3,(H,19,20,22). The number of halogens is 1. The molecule has 24 heavy (non-hydrogen) atoms. The fourth-order valence-corrected chi connectivity index (χ4v) is 3.98. The summed E-state index contributed by atoms with van der Waals surface area (Å²) < 4.78 is 0.741. The van der Waals surface area contributed by atoms with E-state index in [1.54, 1.807) is 6.20 Å². The number of nitrogens with one attached hydrogen (secondary N) is 1. The Hall–Kier alpha value is -1.96. The SMILES string of the molecule is CC(C)=CC(=O)Nc1nnc(Sc2ccnc3cc(Cl)ccc23)s1. The molecule has 1 N–H and O–H groups in total. The van der Waals surface area contributed by atoms with Gasteiger partial charge >= 0.3 is 0 Å². The minimum Gasteiger partial charge on any atom is -0.297 e. The van der Waals surface area contributed by atoms with Crippen molar-refractivity contribution in [3.8, 4) is 0 Å². The van der Waals surface area contributed by atoms with E-state index < -0.39 is 0 Å².